The van der Waals surface area contributed by atoms with E-state index in [1.54, 1.807) is 12.1 Å². The summed E-state index contributed by atoms with van der Waals surface area (Å²) in [6.45, 7) is 0.839. The van der Waals surface area contributed by atoms with Crippen molar-refractivity contribution in [3.8, 4) is 5.75 Å². The number of amides is 2. The molecule has 188 valence electrons. The molecule has 35 heavy (non-hydrogen) atoms. The summed E-state index contributed by atoms with van der Waals surface area (Å²) in [4.78, 5) is 25.3. The monoisotopic (exact) mass is 499 g/mol. The molecule has 0 aromatic heterocycles. The number of aryl methyl sites for hydroxylation is 1. The van der Waals surface area contributed by atoms with Gasteiger partial charge in [0.1, 0.15) is 5.75 Å². The van der Waals surface area contributed by atoms with E-state index < -0.39 is 10.0 Å². The van der Waals surface area contributed by atoms with Crippen LogP contribution in [0.15, 0.2) is 53.4 Å². The second-order valence-corrected chi connectivity index (χ2v) is 11.0. The maximum absolute atomic E-state index is 12.9. The molecule has 1 aliphatic heterocycles. The van der Waals surface area contributed by atoms with Crippen molar-refractivity contribution in [1.29, 1.82) is 0 Å². The molecule has 1 fully saturated rings. The van der Waals surface area contributed by atoms with E-state index in [2.05, 4.69) is 22.8 Å². The molecule has 0 radical (unpaired) electrons. The number of ether oxygens (including phenoxy) is 1. The molecule has 1 atom stereocenters. The Morgan fingerprint density at radius 1 is 1.03 bits per heavy atom. The number of rotatable bonds is 8. The van der Waals surface area contributed by atoms with E-state index in [0.717, 1.165) is 19.3 Å². The summed E-state index contributed by atoms with van der Waals surface area (Å²) in [5.74, 6) is 0.136. The molecule has 9 heteroatoms. The molecule has 1 saturated heterocycles. The first-order valence-electron chi connectivity index (χ1n) is 12.2. The Balaban J connectivity index is 1.20. The molecule has 2 aromatic rings. The number of fused-ring (bicyclic) bond motifs is 1. The molecule has 2 aromatic carbocycles. The summed E-state index contributed by atoms with van der Waals surface area (Å²) < 4.78 is 32.3. The molecule has 8 nitrogen and oxygen atoms in total. The summed E-state index contributed by atoms with van der Waals surface area (Å²) in [5, 5.41) is 5.96. The first-order valence-corrected chi connectivity index (χ1v) is 13.6. The van der Waals surface area contributed by atoms with E-state index in [1.165, 1.54) is 34.7 Å². The minimum atomic E-state index is -3.61. The molecule has 2 amide bonds. The van der Waals surface area contributed by atoms with Crippen LogP contribution >= 0.6 is 0 Å². The van der Waals surface area contributed by atoms with Crippen LogP contribution < -0.4 is 15.4 Å². The third-order valence-corrected chi connectivity index (χ3v) is 8.79. The lowest BCUT2D eigenvalue weighted by atomic mass is 9.87. The third kappa shape index (κ3) is 6.02. The van der Waals surface area contributed by atoms with Gasteiger partial charge in [0, 0.05) is 32.0 Å². The summed E-state index contributed by atoms with van der Waals surface area (Å²) >= 11 is 0. The maximum atomic E-state index is 12.9. The molecular formula is C26H33N3O5S. The number of carbonyl (C=O) groups excluding carboxylic acids is 2. The fourth-order valence-corrected chi connectivity index (χ4v) is 6.34. The molecule has 2 aliphatic rings. The molecular weight excluding hydrogens is 466 g/mol. The first-order chi connectivity index (χ1) is 16.9. The van der Waals surface area contributed by atoms with Gasteiger partial charge in [-0.1, -0.05) is 24.3 Å². The van der Waals surface area contributed by atoms with Crippen molar-refractivity contribution in [2.45, 2.75) is 49.5 Å². The summed E-state index contributed by atoms with van der Waals surface area (Å²) in [6.07, 6.45) is 4.13. The van der Waals surface area contributed by atoms with E-state index in [0.29, 0.717) is 18.6 Å². The quantitative estimate of drug-likeness (QED) is 0.581. The van der Waals surface area contributed by atoms with E-state index in [4.69, 9.17) is 4.74 Å². The van der Waals surface area contributed by atoms with Crippen molar-refractivity contribution in [2.24, 2.45) is 5.92 Å². The van der Waals surface area contributed by atoms with Gasteiger partial charge < -0.3 is 15.4 Å². The summed E-state index contributed by atoms with van der Waals surface area (Å²) in [7, 11) is -2.08. The van der Waals surface area contributed by atoms with E-state index >= 15 is 0 Å². The number of piperidine rings is 1. The topological polar surface area (TPSA) is 105 Å². The predicted molar refractivity (Wildman–Crippen MR) is 132 cm³/mol. The van der Waals surface area contributed by atoms with E-state index in [1.807, 2.05) is 12.1 Å². The van der Waals surface area contributed by atoms with E-state index in [9.17, 15) is 18.0 Å². The summed E-state index contributed by atoms with van der Waals surface area (Å²) in [6, 6.07) is 14.5. The van der Waals surface area contributed by atoms with Crippen LogP contribution in [0.5, 0.6) is 5.75 Å². The molecule has 2 N–H and O–H groups in total. The molecule has 0 bridgehead atoms. The Kier molecular flexibility index (Phi) is 8.07. The van der Waals surface area contributed by atoms with Crippen LogP contribution in [0, 0.1) is 5.92 Å². The van der Waals surface area contributed by atoms with Gasteiger partial charge in [0.2, 0.25) is 21.8 Å². The number of carbonyl (C=O) groups is 2. The van der Waals surface area contributed by atoms with E-state index in [-0.39, 0.29) is 54.7 Å². The Labute approximate surface area is 207 Å². The lowest BCUT2D eigenvalue weighted by molar-refractivity contribution is -0.126. The van der Waals surface area contributed by atoms with Crippen LogP contribution in [0.1, 0.15) is 49.3 Å². The average Bonchev–Trinajstić information content (AvgIpc) is 2.89. The van der Waals surface area contributed by atoms with Gasteiger partial charge in [-0.25, -0.2) is 8.42 Å². The highest BCUT2D eigenvalue weighted by atomic mass is 32.2. The zero-order valence-corrected chi connectivity index (χ0v) is 20.9. The van der Waals surface area contributed by atoms with Crippen molar-refractivity contribution in [2.75, 3.05) is 26.7 Å². The fourth-order valence-electron chi connectivity index (χ4n) is 4.87. The third-order valence-electron chi connectivity index (χ3n) is 6.88. The highest BCUT2D eigenvalue weighted by Crippen LogP contribution is 2.29. The zero-order valence-electron chi connectivity index (χ0n) is 20.0. The second kappa shape index (κ2) is 11.2. The van der Waals surface area contributed by atoms with Crippen LogP contribution in [0.4, 0.5) is 0 Å². The number of methoxy groups -OCH3 is 1. The number of hydrogen-bond donors (Lipinski definition) is 2. The predicted octanol–water partition coefficient (Wildman–Crippen LogP) is 2.80. The molecule has 0 spiro atoms. The number of nitrogens with zero attached hydrogens (tertiary/aromatic N) is 1. The van der Waals surface area contributed by atoms with Crippen LogP contribution in [0.3, 0.4) is 0 Å². The van der Waals surface area contributed by atoms with Gasteiger partial charge in [-0.15, -0.1) is 0 Å². The highest BCUT2D eigenvalue weighted by Gasteiger charge is 2.32. The van der Waals surface area contributed by atoms with Crippen molar-refractivity contribution >= 4 is 21.8 Å². The SMILES string of the molecule is COc1ccc(S(=O)(=O)N2CCC(C(=O)NCCC(=O)N[C@@H]3CCCc4ccccc43)CC2)cc1. The van der Waals surface area contributed by atoms with Crippen molar-refractivity contribution in [1.82, 2.24) is 14.9 Å². The molecule has 0 unspecified atom stereocenters. The van der Waals surface area contributed by atoms with Crippen LogP contribution in [-0.4, -0.2) is 51.3 Å². The molecule has 4 rings (SSSR count). The largest absolute Gasteiger partial charge is 0.497 e. The average molecular weight is 500 g/mol. The van der Waals surface area contributed by atoms with Gasteiger partial charge in [0.15, 0.2) is 0 Å². The summed E-state index contributed by atoms with van der Waals surface area (Å²) in [5.41, 5.74) is 2.48. The lowest BCUT2D eigenvalue weighted by Crippen LogP contribution is -2.43. The normalized spacial score (nSPS) is 18.9. The number of benzene rings is 2. The lowest BCUT2D eigenvalue weighted by Gasteiger charge is -2.30. The second-order valence-electron chi connectivity index (χ2n) is 9.11. The minimum Gasteiger partial charge on any atom is -0.497 e. The van der Waals surface area contributed by atoms with Crippen molar-refractivity contribution in [3.05, 3.63) is 59.7 Å². The highest BCUT2D eigenvalue weighted by molar-refractivity contribution is 7.89. The van der Waals surface area contributed by atoms with Gasteiger partial charge >= 0.3 is 0 Å². The standard InChI is InChI=1S/C26H33N3O5S/c1-34-21-9-11-22(12-10-21)35(32,33)29-17-14-20(15-18-29)26(31)27-16-13-25(30)28-24-8-4-6-19-5-2-3-7-23(19)24/h2-3,5,7,9-12,20,24H,4,6,8,13-18H2,1H3,(H,27,31)(H,28,30)/t24-/m1/s1. The van der Waals surface area contributed by atoms with Gasteiger partial charge in [0.25, 0.3) is 0 Å². The van der Waals surface area contributed by atoms with Crippen LogP contribution in [0.25, 0.3) is 0 Å². The van der Waals surface area contributed by atoms with Gasteiger partial charge in [0.05, 0.1) is 18.0 Å². The number of hydrogen-bond acceptors (Lipinski definition) is 5. The molecule has 1 aliphatic carbocycles. The Morgan fingerprint density at radius 3 is 2.46 bits per heavy atom. The zero-order chi connectivity index (χ0) is 24.8. The van der Waals surface area contributed by atoms with Gasteiger partial charge in [-0.05, 0) is 67.5 Å². The van der Waals surface area contributed by atoms with Crippen molar-refractivity contribution in [3.63, 3.8) is 0 Å². The fraction of sp³-hybridized carbons (Fsp3) is 0.462. The van der Waals surface area contributed by atoms with Crippen LogP contribution in [0.2, 0.25) is 0 Å². The Morgan fingerprint density at radius 2 is 1.74 bits per heavy atom. The number of nitrogens with one attached hydrogen (secondary N) is 2. The maximum Gasteiger partial charge on any atom is 0.243 e. The Bertz CT molecular complexity index is 1140. The smallest absolute Gasteiger partial charge is 0.243 e. The molecule has 0 saturated carbocycles. The van der Waals surface area contributed by atoms with Gasteiger partial charge in [-0.2, -0.15) is 4.31 Å². The molecule has 1 heterocycles. The van der Waals surface area contributed by atoms with Crippen LogP contribution in [-0.2, 0) is 26.0 Å². The van der Waals surface area contributed by atoms with Crippen molar-refractivity contribution < 1.29 is 22.7 Å². The Hall–Kier alpha value is -2.91. The minimum absolute atomic E-state index is 0.0279. The number of sulfonamides is 1. The first kappa shape index (κ1) is 25.2. The van der Waals surface area contributed by atoms with Gasteiger partial charge in [-0.3, -0.25) is 9.59 Å².